The molecule has 12 heteroatoms. The van der Waals surface area contributed by atoms with Crippen molar-refractivity contribution in [2.45, 2.75) is 65.0 Å². The number of aryl methyl sites for hydroxylation is 1. The molecule has 1 saturated heterocycles. The fourth-order valence-corrected chi connectivity index (χ4v) is 5.96. The van der Waals surface area contributed by atoms with Crippen molar-refractivity contribution in [1.82, 2.24) is 24.9 Å². The zero-order valence-corrected chi connectivity index (χ0v) is 27.8. The number of carbonyl (C=O) groups is 4. The van der Waals surface area contributed by atoms with E-state index in [1.807, 2.05) is 51.2 Å². The minimum Gasteiger partial charge on any atom is -0.344 e. The number of hydrogen-bond acceptors (Lipinski definition) is 6. The summed E-state index contributed by atoms with van der Waals surface area (Å²) >= 11 is 0. The van der Waals surface area contributed by atoms with Crippen LogP contribution >= 0.6 is 0 Å². The van der Waals surface area contributed by atoms with Crippen LogP contribution in [0.1, 0.15) is 63.5 Å². The number of likely N-dealkylation sites (N-methyl/N-ethyl adjacent to an activating group) is 1. The van der Waals surface area contributed by atoms with Gasteiger partial charge in [-0.25, -0.2) is 9.07 Å². The van der Waals surface area contributed by atoms with Gasteiger partial charge in [-0.1, -0.05) is 57.2 Å². The summed E-state index contributed by atoms with van der Waals surface area (Å²) in [4.78, 5) is 57.5. The van der Waals surface area contributed by atoms with E-state index in [4.69, 9.17) is 0 Å². The number of anilines is 2. The van der Waals surface area contributed by atoms with Gasteiger partial charge in [-0.3, -0.25) is 19.2 Å². The van der Waals surface area contributed by atoms with E-state index in [1.165, 1.54) is 12.1 Å². The molecule has 0 unspecified atom stereocenters. The number of piperazine rings is 1. The van der Waals surface area contributed by atoms with E-state index in [2.05, 4.69) is 25.9 Å². The molecule has 3 aromatic rings. The molecule has 252 valence electrons. The Kier molecular flexibility index (Phi) is 12.2. The summed E-state index contributed by atoms with van der Waals surface area (Å²) in [7, 11) is 1.99. The zero-order valence-electron chi connectivity index (χ0n) is 27.8. The van der Waals surface area contributed by atoms with Crippen molar-refractivity contribution in [2.24, 2.45) is 5.92 Å². The van der Waals surface area contributed by atoms with E-state index < -0.39 is 41.4 Å². The van der Waals surface area contributed by atoms with Gasteiger partial charge in [0, 0.05) is 57.0 Å². The molecule has 0 saturated carbocycles. The second-order valence-corrected chi connectivity index (χ2v) is 12.0. The van der Waals surface area contributed by atoms with Crippen molar-refractivity contribution in [1.29, 1.82) is 0 Å². The Morgan fingerprint density at radius 1 is 0.894 bits per heavy atom. The van der Waals surface area contributed by atoms with Crippen molar-refractivity contribution < 1.29 is 23.6 Å². The molecule has 0 aliphatic carbocycles. The molecule has 1 fully saturated rings. The molecule has 47 heavy (non-hydrogen) atoms. The molecule has 0 spiro atoms. The number of hydrogen-bond donors (Lipinski definition) is 3. The van der Waals surface area contributed by atoms with Gasteiger partial charge >= 0.3 is 0 Å². The van der Waals surface area contributed by atoms with Crippen LogP contribution in [0.15, 0.2) is 60.8 Å². The molecule has 1 aliphatic rings. The highest BCUT2D eigenvalue weighted by atomic mass is 19.1. The van der Waals surface area contributed by atoms with E-state index in [0.717, 1.165) is 18.7 Å². The van der Waals surface area contributed by atoms with Gasteiger partial charge in [-0.15, -0.1) is 0 Å². The maximum Gasteiger partial charge on any atom is 0.245 e. The number of aromatic nitrogens is 2. The summed E-state index contributed by atoms with van der Waals surface area (Å²) in [5.41, 5.74) is 1.20. The number of rotatable bonds is 13. The maximum absolute atomic E-state index is 15.7. The highest BCUT2D eigenvalue weighted by Crippen LogP contribution is 2.32. The first-order chi connectivity index (χ1) is 22.6. The summed E-state index contributed by atoms with van der Waals surface area (Å²) in [5, 5.41) is 12.5. The number of carbonyl (C=O) groups excluding carboxylic acids is 4. The molecular weight excluding hydrogens is 601 g/mol. The average molecular weight is 648 g/mol. The van der Waals surface area contributed by atoms with Gasteiger partial charge in [0.1, 0.15) is 23.6 Å². The highest BCUT2D eigenvalue weighted by Gasteiger charge is 2.37. The Morgan fingerprint density at radius 3 is 2.19 bits per heavy atom. The van der Waals surface area contributed by atoms with Gasteiger partial charge in [0.2, 0.25) is 23.6 Å². The van der Waals surface area contributed by atoms with Crippen LogP contribution in [0.4, 0.5) is 15.9 Å². The smallest absolute Gasteiger partial charge is 0.245 e. The Morgan fingerprint density at radius 2 is 1.57 bits per heavy atom. The molecular formula is C35H46FN7O4. The van der Waals surface area contributed by atoms with Gasteiger partial charge < -0.3 is 25.8 Å². The quantitative estimate of drug-likeness (QED) is 0.239. The molecule has 11 nitrogen and oxygen atoms in total. The summed E-state index contributed by atoms with van der Waals surface area (Å²) in [6.45, 7) is 10.3. The Labute approximate surface area is 275 Å². The van der Waals surface area contributed by atoms with Crippen molar-refractivity contribution in [3.8, 4) is 0 Å². The van der Waals surface area contributed by atoms with Crippen LogP contribution < -0.4 is 16.0 Å². The van der Waals surface area contributed by atoms with Crippen molar-refractivity contribution in [3.63, 3.8) is 0 Å². The molecule has 0 radical (unpaired) electrons. The monoisotopic (exact) mass is 647 g/mol. The predicted molar refractivity (Wildman–Crippen MR) is 179 cm³/mol. The SMILES string of the molecule is CCC(=O)N[C@@H](C(=O)N1CCN(C)CC1)[C@@H](C)c1ccc(NC(=O)[C@@H](C(=O)Nc2ccnn2CC)[C@H](CC)c2ccccc2)c(F)c1. The molecule has 2 aromatic carbocycles. The fourth-order valence-electron chi connectivity index (χ4n) is 5.96. The molecule has 4 rings (SSSR count). The normalized spacial score (nSPS) is 16.1. The molecule has 0 bridgehead atoms. The van der Waals surface area contributed by atoms with E-state index in [-0.39, 0.29) is 23.9 Å². The fraction of sp³-hybridized carbons (Fsp3) is 0.457. The van der Waals surface area contributed by atoms with E-state index >= 15 is 4.39 Å². The third-order valence-electron chi connectivity index (χ3n) is 8.90. The predicted octanol–water partition coefficient (Wildman–Crippen LogP) is 4.20. The van der Waals surface area contributed by atoms with Crippen LogP contribution in [0.25, 0.3) is 0 Å². The van der Waals surface area contributed by atoms with Crippen molar-refractivity contribution >= 4 is 35.1 Å². The summed E-state index contributed by atoms with van der Waals surface area (Å²) in [5.74, 6) is -4.16. The summed E-state index contributed by atoms with van der Waals surface area (Å²) in [6, 6.07) is 14.4. The average Bonchev–Trinajstić information content (AvgIpc) is 3.53. The Bertz CT molecular complexity index is 1540. The van der Waals surface area contributed by atoms with E-state index in [1.54, 1.807) is 41.8 Å². The first-order valence-electron chi connectivity index (χ1n) is 16.3. The van der Waals surface area contributed by atoms with Crippen LogP contribution in [0.2, 0.25) is 0 Å². The number of nitrogens with one attached hydrogen (secondary N) is 3. The number of benzene rings is 2. The van der Waals surface area contributed by atoms with Gasteiger partial charge in [0.15, 0.2) is 0 Å². The van der Waals surface area contributed by atoms with E-state index in [0.29, 0.717) is 37.4 Å². The third-order valence-corrected chi connectivity index (χ3v) is 8.90. The Hall–Kier alpha value is -4.58. The second kappa shape index (κ2) is 16.3. The zero-order chi connectivity index (χ0) is 34.1. The molecule has 2 heterocycles. The van der Waals surface area contributed by atoms with Crippen LogP contribution in [0, 0.1) is 11.7 Å². The van der Waals surface area contributed by atoms with Crippen LogP contribution in [-0.4, -0.2) is 82.5 Å². The molecule has 3 N–H and O–H groups in total. The van der Waals surface area contributed by atoms with Gasteiger partial charge in [-0.2, -0.15) is 5.10 Å². The minimum absolute atomic E-state index is 0.0928. The lowest BCUT2D eigenvalue weighted by Crippen LogP contribution is -2.55. The van der Waals surface area contributed by atoms with Gasteiger partial charge in [0.05, 0.1) is 11.9 Å². The largest absolute Gasteiger partial charge is 0.344 e. The van der Waals surface area contributed by atoms with Crippen molar-refractivity contribution in [2.75, 3.05) is 43.9 Å². The summed E-state index contributed by atoms with van der Waals surface area (Å²) in [6.07, 6.45) is 2.25. The molecule has 4 amide bonds. The topological polar surface area (TPSA) is 129 Å². The number of halogens is 1. The van der Waals surface area contributed by atoms with Crippen molar-refractivity contribution in [3.05, 3.63) is 77.7 Å². The molecule has 1 aliphatic heterocycles. The lowest BCUT2D eigenvalue weighted by atomic mass is 9.82. The first-order valence-corrected chi connectivity index (χ1v) is 16.3. The number of nitrogens with zero attached hydrogens (tertiary/aromatic N) is 4. The van der Waals surface area contributed by atoms with Crippen LogP contribution in [-0.2, 0) is 25.7 Å². The third kappa shape index (κ3) is 8.62. The second-order valence-electron chi connectivity index (χ2n) is 12.0. The summed E-state index contributed by atoms with van der Waals surface area (Å²) < 4.78 is 17.3. The van der Waals surface area contributed by atoms with Crippen LogP contribution in [0.5, 0.6) is 0 Å². The van der Waals surface area contributed by atoms with Crippen LogP contribution in [0.3, 0.4) is 0 Å². The highest BCUT2D eigenvalue weighted by molar-refractivity contribution is 6.11. The molecule has 1 aromatic heterocycles. The van der Waals surface area contributed by atoms with Gasteiger partial charge in [0.25, 0.3) is 0 Å². The first kappa shape index (κ1) is 35.3. The lowest BCUT2D eigenvalue weighted by molar-refractivity contribution is -0.138. The number of amides is 4. The minimum atomic E-state index is -1.18. The lowest BCUT2D eigenvalue weighted by Gasteiger charge is -2.36. The standard InChI is InChI=1S/C35H46FN7O4/c1-6-26(24-12-10-9-11-13-24)31(34(46)39-29-16-17-37-43(29)8-3)33(45)38-28-15-14-25(22-27(28)36)23(4)32(40-30(44)7-2)35(47)42-20-18-41(5)19-21-42/h9-17,22-23,26,31-32H,6-8,18-21H2,1-5H3,(H,38,45)(H,39,46)(H,40,44)/t23-,26+,31-,32+/m0/s1. The Balaban J connectivity index is 1.58. The van der Waals surface area contributed by atoms with Gasteiger partial charge in [-0.05, 0) is 43.7 Å². The maximum atomic E-state index is 15.7. The van der Waals surface area contributed by atoms with E-state index in [9.17, 15) is 19.2 Å². The molecule has 4 atom stereocenters.